The molecule has 9 heteroatoms. The molecule has 3 heterocycles. The van der Waals surface area contributed by atoms with Gasteiger partial charge >= 0.3 is 5.97 Å². The van der Waals surface area contributed by atoms with E-state index in [1.807, 2.05) is 23.1 Å². The van der Waals surface area contributed by atoms with Gasteiger partial charge in [-0.3, -0.25) is 14.5 Å². The van der Waals surface area contributed by atoms with Crippen LogP contribution >= 0.6 is 0 Å². The number of aromatic nitrogens is 2. The van der Waals surface area contributed by atoms with Gasteiger partial charge in [-0.2, -0.15) is 0 Å². The molecule has 0 unspecified atom stereocenters. The lowest BCUT2D eigenvalue weighted by molar-refractivity contribution is -0.143. The van der Waals surface area contributed by atoms with Crippen LogP contribution in [0.2, 0.25) is 0 Å². The van der Waals surface area contributed by atoms with Crippen molar-refractivity contribution in [3.8, 4) is 5.75 Å². The lowest BCUT2D eigenvalue weighted by atomic mass is 9.83. The molecule has 1 saturated heterocycles. The SMILES string of the molecule is CCCCN(CCCO)C(=O)CN1C[C@H](c2ccc3c(c2)CCO3)[C@@H](C(=O)O)[C@@H]1CCc1ccncn1. The quantitative estimate of drug-likeness (QED) is 0.422. The molecule has 0 aliphatic carbocycles. The van der Waals surface area contributed by atoms with Crippen molar-refractivity contribution < 1.29 is 24.5 Å². The van der Waals surface area contributed by atoms with Gasteiger partial charge in [0, 0.05) is 56.5 Å². The highest BCUT2D eigenvalue weighted by Gasteiger charge is 2.47. The fourth-order valence-corrected chi connectivity index (χ4v) is 5.63. The highest BCUT2D eigenvalue weighted by molar-refractivity contribution is 5.79. The van der Waals surface area contributed by atoms with Gasteiger partial charge in [0.05, 0.1) is 19.1 Å². The number of amides is 1. The summed E-state index contributed by atoms with van der Waals surface area (Å²) < 4.78 is 5.66. The number of aryl methyl sites for hydroxylation is 1. The summed E-state index contributed by atoms with van der Waals surface area (Å²) in [4.78, 5) is 38.3. The number of rotatable bonds is 13. The van der Waals surface area contributed by atoms with Gasteiger partial charge in [0.1, 0.15) is 12.1 Å². The van der Waals surface area contributed by atoms with E-state index >= 15 is 0 Å². The standard InChI is InChI=1S/C28H38N4O5/c1-2-3-12-31(13-4-14-33)26(34)18-32-17-23(20-5-8-25-21(16-20)10-15-37-25)27(28(35)36)24(32)7-6-22-9-11-29-19-30-22/h5,8-9,11,16,19,23-24,27,33H,2-4,6-7,10,12-15,17-18H2,1H3,(H,35,36)/t23-,24+,27-/m1/s1. The van der Waals surface area contributed by atoms with E-state index in [9.17, 15) is 19.8 Å². The number of fused-ring (bicyclic) bond motifs is 1. The largest absolute Gasteiger partial charge is 0.493 e. The molecule has 9 nitrogen and oxygen atoms in total. The number of benzene rings is 1. The van der Waals surface area contributed by atoms with Crippen LogP contribution in [-0.2, 0) is 22.4 Å². The maximum atomic E-state index is 13.4. The minimum absolute atomic E-state index is 0.0129. The summed E-state index contributed by atoms with van der Waals surface area (Å²) >= 11 is 0. The maximum absolute atomic E-state index is 13.4. The zero-order valence-corrected chi connectivity index (χ0v) is 21.6. The number of hydrogen-bond acceptors (Lipinski definition) is 7. The summed E-state index contributed by atoms with van der Waals surface area (Å²) in [5.41, 5.74) is 2.96. The predicted octanol–water partition coefficient (Wildman–Crippen LogP) is 2.52. The smallest absolute Gasteiger partial charge is 0.308 e. The molecule has 2 aliphatic heterocycles. The van der Waals surface area contributed by atoms with Crippen molar-refractivity contribution in [1.29, 1.82) is 0 Å². The summed E-state index contributed by atoms with van der Waals surface area (Å²) in [5.74, 6) is -0.852. The number of aliphatic carboxylic acids is 1. The van der Waals surface area contributed by atoms with Crippen molar-refractivity contribution in [3.05, 3.63) is 53.6 Å². The van der Waals surface area contributed by atoms with Crippen molar-refractivity contribution >= 4 is 11.9 Å². The second-order valence-electron chi connectivity index (χ2n) is 9.98. The Morgan fingerprint density at radius 3 is 2.78 bits per heavy atom. The Balaban J connectivity index is 1.59. The van der Waals surface area contributed by atoms with Gasteiger partial charge in [-0.1, -0.05) is 25.5 Å². The molecule has 1 amide bonds. The number of unbranched alkanes of at least 4 members (excludes halogenated alkanes) is 1. The van der Waals surface area contributed by atoms with Crippen molar-refractivity contribution in [3.63, 3.8) is 0 Å². The molecule has 2 aliphatic rings. The molecule has 0 spiro atoms. The summed E-state index contributed by atoms with van der Waals surface area (Å²) in [6.45, 7) is 4.58. The van der Waals surface area contributed by atoms with E-state index in [1.165, 1.54) is 6.33 Å². The number of carbonyl (C=O) groups is 2. The Kier molecular flexibility index (Phi) is 9.46. The molecule has 200 valence electrons. The molecular weight excluding hydrogens is 472 g/mol. The third kappa shape index (κ3) is 6.64. The van der Waals surface area contributed by atoms with Crippen molar-refractivity contribution in [1.82, 2.24) is 19.8 Å². The molecule has 4 rings (SSSR count). The monoisotopic (exact) mass is 510 g/mol. The zero-order valence-electron chi connectivity index (χ0n) is 21.6. The first kappa shape index (κ1) is 27.0. The number of ether oxygens (including phenoxy) is 1. The number of aliphatic hydroxyl groups is 1. The average Bonchev–Trinajstić information content (AvgIpc) is 3.52. The number of carboxylic acids is 1. The van der Waals surface area contributed by atoms with E-state index in [4.69, 9.17) is 4.74 Å². The molecular formula is C28H38N4O5. The van der Waals surface area contributed by atoms with E-state index < -0.39 is 11.9 Å². The summed E-state index contributed by atoms with van der Waals surface area (Å²) in [5, 5.41) is 19.7. The summed E-state index contributed by atoms with van der Waals surface area (Å²) in [6.07, 6.45) is 7.60. The van der Waals surface area contributed by atoms with Crippen LogP contribution in [0.5, 0.6) is 5.75 Å². The normalized spacial score (nSPS) is 21.0. The minimum Gasteiger partial charge on any atom is -0.493 e. The van der Waals surface area contributed by atoms with Gasteiger partial charge in [-0.15, -0.1) is 0 Å². The topological polar surface area (TPSA) is 116 Å². The molecule has 2 N–H and O–H groups in total. The lowest BCUT2D eigenvalue weighted by Crippen LogP contribution is -2.45. The second-order valence-corrected chi connectivity index (χ2v) is 9.98. The number of likely N-dealkylation sites (tertiary alicyclic amines) is 1. The van der Waals surface area contributed by atoms with Crippen LogP contribution in [0, 0.1) is 5.92 Å². The van der Waals surface area contributed by atoms with Crippen molar-refractivity contribution in [2.75, 3.05) is 39.4 Å². The van der Waals surface area contributed by atoms with E-state index in [2.05, 4.69) is 27.9 Å². The number of carboxylic acid groups (broad SMARTS) is 1. The Labute approximate surface area is 218 Å². The van der Waals surface area contributed by atoms with Gasteiger partial charge < -0.3 is 19.8 Å². The number of hydrogen-bond donors (Lipinski definition) is 2. The lowest BCUT2D eigenvalue weighted by Gasteiger charge is -2.29. The van der Waals surface area contributed by atoms with Crippen LogP contribution in [0.25, 0.3) is 0 Å². The Hall–Kier alpha value is -3.04. The third-order valence-corrected chi connectivity index (χ3v) is 7.57. The molecule has 0 saturated carbocycles. The van der Waals surface area contributed by atoms with E-state index in [-0.39, 0.29) is 31.0 Å². The first-order valence-electron chi connectivity index (χ1n) is 13.4. The molecule has 3 atom stereocenters. The van der Waals surface area contributed by atoms with Crippen LogP contribution in [0.4, 0.5) is 0 Å². The minimum atomic E-state index is -0.840. The van der Waals surface area contributed by atoms with E-state index in [0.717, 1.165) is 41.8 Å². The van der Waals surface area contributed by atoms with Crippen molar-refractivity contribution in [2.45, 2.75) is 57.4 Å². The van der Waals surface area contributed by atoms with Gasteiger partial charge in [0.2, 0.25) is 5.91 Å². The number of aliphatic hydroxyl groups excluding tert-OH is 1. The van der Waals surface area contributed by atoms with Gasteiger partial charge in [-0.05, 0) is 48.9 Å². The maximum Gasteiger partial charge on any atom is 0.308 e. The average molecular weight is 511 g/mol. The molecule has 1 aromatic heterocycles. The molecule has 2 aromatic rings. The van der Waals surface area contributed by atoms with Crippen LogP contribution in [0.1, 0.15) is 55.3 Å². The second kappa shape index (κ2) is 13.0. The summed E-state index contributed by atoms with van der Waals surface area (Å²) in [7, 11) is 0. The van der Waals surface area contributed by atoms with Crippen LogP contribution in [0.15, 0.2) is 36.8 Å². The molecule has 0 bridgehead atoms. The van der Waals surface area contributed by atoms with E-state index in [1.54, 1.807) is 6.20 Å². The first-order valence-corrected chi connectivity index (χ1v) is 13.4. The van der Waals surface area contributed by atoms with Crippen LogP contribution in [-0.4, -0.2) is 87.3 Å². The van der Waals surface area contributed by atoms with Crippen LogP contribution in [0.3, 0.4) is 0 Å². The molecule has 37 heavy (non-hydrogen) atoms. The number of nitrogens with zero attached hydrogens (tertiary/aromatic N) is 4. The Morgan fingerprint density at radius 1 is 1.22 bits per heavy atom. The number of carbonyl (C=O) groups excluding carboxylic acids is 1. The summed E-state index contributed by atoms with van der Waals surface area (Å²) in [6, 6.07) is 7.55. The fraction of sp³-hybridized carbons (Fsp3) is 0.571. The Morgan fingerprint density at radius 2 is 2.05 bits per heavy atom. The van der Waals surface area contributed by atoms with Gasteiger partial charge in [-0.25, -0.2) is 9.97 Å². The zero-order chi connectivity index (χ0) is 26.2. The Bertz CT molecular complexity index is 1040. The molecule has 1 aromatic carbocycles. The molecule has 0 radical (unpaired) electrons. The highest BCUT2D eigenvalue weighted by Crippen LogP contribution is 2.41. The van der Waals surface area contributed by atoms with Gasteiger partial charge in [0.25, 0.3) is 0 Å². The van der Waals surface area contributed by atoms with Crippen LogP contribution < -0.4 is 4.74 Å². The third-order valence-electron chi connectivity index (χ3n) is 7.57. The van der Waals surface area contributed by atoms with Crippen molar-refractivity contribution in [2.24, 2.45) is 5.92 Å². The predicted molar refractivity (Wildman–Crippen MR) is 138 cm³/mol. The van der Waals surface area contributed by atoms with Gasteiger partial charge in [0.15, 0.2) is 0 Å². The molecule has 1 fully saturated rings. The highest BCUT2D eigenvalue weighted by atomic mass is 16.5. The van der Waals surface area contributed by atoms with E-state index in [0.29, 0.717) is 45.5 Å². The fourth-order valence-electron chi connectivity index (χ4n) is 5.63. The first-order chi connectivity index (χ1) is 18.0.